The Morgan fingerprint density at radius 3 is 2.95 bits per heavy atom. The van der Waals surface area contributed by atoms with Gasteiger partial charge in [0.1, 0.15) is 0 Å². The van der Waals surface area contributed by atoms with Crippen molar-refractivity contribution >= 4 is 11.6 Å². The molecule has 5 nitrogen and oxygen atoms in total. The first-order valence-electron chi connectivity index (χ1n) is 7.25. The molecule has 2 atom stereocenters. The maximum Gasteiger partial charge on any atom is 0.224 e. The molecule has 0 spiro atoms. The van der Waals surface area contributed by atoms with Crippen molar-refractivity contribution in [1.82, 2.24) is 5.32 Å². The number of nitriles is 1. The highest BCUT2D eigenvalue weighted by Crippen LogP contribution is 2.31. The summed E-state index contributed by atoms with van der Waals surface area (Å²) >= 11 is 0. The summed E-state index contributed by atoms with van der Waals surface area (Å²) in [7, 11) is 1.65. The predicted molar refractivity (Wildman–Crippen MR) is 80.8 cm³/mol. The van der Waals surface area contributed by atoms with Gasteiger partial charge in [-0.3, -0.25) is 4.79 Å². The molecule has 0 bridgehead atoms. The van der Waals surface area contributed by atoms with Crippen LogP contribution < -0.4 is 10.2 Å². The Morgan fingerprint density at radius 1 is 1.57 bits per heavy atom. The second-order valence-electron chi connectivity index (χ2n) is 5.46. The lowest BCUT2D eigenvalue weighted by molar-refractivity contribution is -0.124. The second kappa shape index (κ2) is 6.59. The van der Waals surface area contributed by atoms with Crippen LogP contribution in [-0.4, -0.2) is 31.2 Å². The van der Waals surface area contributed by atoms with E-state index in [0.717, 1.165) is 30.6 Å². The number of aliphatic hydroxyl groups is 1. The van der Waals surface area contributed by atoms with E-state index in [1.54, 1.807) is 32.2 Å². The Hall–Kier alpha value is -2.06. The van der Waals surface area contributed by atoms with Gasteiger partial charge in [-0.1, -0.05) is 6.07 Å². The molecular weight excluding hydrogens is 266 g/mol. The fourth-order valence-corrected chi connectivity index (χ4v) is 2.85. The third kappa shape index (κ3) is 3.34. The van der Waals surface area contributed by atoms with Crippen LogP contribution in [0.25, 0.3) is 0 Å². The van der Waals surface area contributed by atoms with Gasteiger partial charge in [-0.25, -0.2) is 0 Å². The molecule has 1 aliphatic rings. The standard InChI is InChI=1S/C16H21N3O2/c1-11(20)14-6-5-12(9-17)8-15(14)19-7-3-4-13(10-19)16(21)18-2/h5-6,8,11,13,20H,3-4,7,10H2,1-2H3,(H,18,21)/t11-,13?/m1/s1. The number of hydrogen-bond donors (Lipinski definition) is 2. The summed E-state index contributed by atoms with van der Waals surface area (Å²) in [5.41, 5.74) is 2.22. The number of carbonyl (C=O) groups is 1. The molecule has 1 unspecified atom stereocenters. The van der Waals surface area contributed by atoms with E-state index in [1.165, 1.54) is 0 Å². The van der Waals surface area contributed by atoms with Crippen LogP contribution in [0, 0.1) is 17.2 Å². The van der Waals surface area contributed by atoms with Crippen LogP contribution in [0.1, 0.15) is 37.0 Å². The van der Waals surface area contributed by atoms with Crippen molar-refractivity contribution in [3.8, 4) is 6.07 Å². The molecule has 0 saturated carbocycles. The zero-order valence-corrected chi connectivity index (χ0v) is 12.5. The normalized spacial score (nSPS) is 19.7. The monoisotopic (exact) mass is 287 g/mol. The molecule has 1 fully saturated rings. The largest absolute Gasteiger partial charge is 0.389 e. The van der Waals surface area contributed by atoms with Crippen LogP contribution in [0.4, 0.5) is 5.69 Å². The third-order valence-corrected chi connectivity index (χ3v) is 3.99. The molecule has 1 aliphatic heterocycles. The SMILES string of the molecule is CNC(=O)C1CCCN(c2cc(C#N)ccc2[C@@H](C)O)C1. The molecule has 2 rings (SSSR count). The molecule has 1 heterocycles. The van der Waals surface area contributed by atoms with Crippen molar-refractivity contribution in [2.75, 3.05) is 25.0 Å². The number of aliphatic hydroxyl groups excluding tert-OH is 1. The van der Waals surface area contributed by atoms with Gasteiger partial charge in [0.25, 0.3) is 0 Å². The van der Waals surface area contributed by atoms with Crippen LogP contribution in [0.15, 0.2) is 18.2 Å². The van der Waals surface area contributed by atoms with Crippen LogP contribution >= 0.6 is 0 Å². The van der Waals surface area contributed by atoms with Crippen molar-refractivity contribution in [1.29, 1.82) is 5.26 Å². The van der Waals surface area contributed by atoms with Crippen LogP contribution in [-0.2, 0) is 4.79 Å². The molecule has 0 aliphatic carbocycles. The predicted octanol–water partition coefficient (Wildman–Crippen LogP) is 1.57. The summed E-state index contributed by atoms with van der Waals surface area (Å²) in [4.78, 5) is 13.9. The third-order valence-electron chi connectivity index (χ3n) is 3.99. The van der Waals surface area contributed by atoms with Crippen molar-refractivity contribution in [3.05, 3.63) is 29.3 Å². The lowest BCUT2D eigenvalue weighted by Gasteiger charge is -2.35. The Labute approximate surface area is 125 Å². The van der Waals surface area contributed by atoms with Crippen molar-refractivity contribution in [2.24, 2.45) is 5.92 Å². The molecule has 1 amide bonds. The van der Waals surface area contributed by atoms with Gasteiger partial charge in [0.15, 0.2) is 0 Å². The van der Waals surface area contributed by atoms with E-state index in [-0.39, 0.29) is 11.8 Å². The Kier molecular flexibility index (Phi) is 4.81. The van der Waals surface area contributed by atoms with Crippen molar-refractivity contribution in [3.63, 3.8) is 0 Å². The molecule has 0 aromatic heterocycles. The number of nitrogens with one attached hydrogen (secondary N) is 1. The van der Waals surface area contributed by atoms with E-state index in [9.17, 15) is 9.90 Å². The van der Waals surface area contributed by atoms with Gasteiger partial charge in [0.2, 0.25) is 5.91 Å². The fourth-order valence-electron chi connectivity index (χ4n) is 2.85. The number of amides is 1. The first kappa shape index (κ1) is 15.3. The van der Waals surface area contributed by atoms with Crippen LogP contribution in [0.3, 0.4) is 0 Å². The summed E-state index contributed by atoms with van der Waals surface area (Å²) in [5.74, 6) is 0.00563. The minimum Gasteiger partial charge on any atom is -0.389 e. The van der Waals surface area contributed by atoms with Gasteiger partial charge < -0.3 is 15.3 Å². The topological polar surface area (TPSA) is 76.4 Å². The molecule has 112 valence electrons. The Balaban J connectivity index is 2.31. The minimum absolute atomic E-state index is 0.0451. The Morgan fingerprint density at radius 2 is 2.33 bits per heavy atom. The maximum absolute atomic E-state index is 11.8. The number of benzene rings is 1. The van der Waals surface area contributed by atoms with E-state index in [4.69, 9.17) is 5.26 Å². The number of rotatable bonds is 3. The first-order valence-corrected chi connectivity index (χ1v) is 7.25. The van der Waals surface area contributed by atoms with Gasteiger partial charge >= 0.3 is 0 Å². The first-order chi connectivity index (χ1) is 10.1. The van der Waals surface area contributed by atoms with E-state index >= 15 is 0 Å². The average Bonchev–Trinajstić information content (AvgIpc) is 2.53. The highest BCUT2D eigenvalue weighted by Gasteiger charge is 2.27. The lowest BCUT2D eigenvalue weighted by Crippen LogP contribution is -2.42. The zero-order chi connectivity index (χ0) is 15.4. The smallest absolute Gasteiger partial charge is 0.224 e. The van der Waals surface area contributed by atoms with Gasteiger partial charge in [0.05, 0.1) is 23.7 Å². The fraction of sp³-hybridized carbons (Fsp3) is 0.500. The maximum atomic E-state index is 11.8. The molecule has 1 aromatic rings. The van der Waals surface area contributed by atoms with E-state index in [2.05, 4.69) is 16.3 Å². The summed E-state index contributed by atoms with van der Waals surface area (Å²) in [6.07, 6.45) is 1.19. The molecular formula is C16H21N3O2. The quantitative estimate of drug-likeness (QED) is 0.885. The van der Waals surface area contributed by atoms with Gasteiger partial charge in [-0.15, -0.1) is 0 Å². The van der Waals surface area contributed by atoms with Gasteiger partial charge in [0, 0.05) is 31.4 Å². The summed E-state index contributed by atoms with van der Waals surface area (Å²) < 4.78 is 0. The molecule has 2 N–H and O–H groups in total. The van der Waals surface area contributed by atoms with Crippen LogP contribution in [0.2, 0.25) is 0 Å². The number of anilines is 1. The molecule has 21 heavy (non-hydrogen) atoms. The molecule has 5 heteroatoms. The van der Waals surface area contributed by atoms with Crippen LogP contribution in [0.5, 0.6) is 0 Å². The van der Waals surface area contributed by atoms with Crippen molar-refractivity contribution in [2.45, 2.75) is 25.9 Å². The van der Waals surface area contributed by atoms with E-state index in [0.29, 0.717) is 12.1 Å². The Bertz CT molecular complexity index is 563. The average molecular weight is 287 g/mol. The van der Waals surface area contributed by atoms with E-state index in [1.807, 2.05) is 0 Å². The number of piperidine rings is 1. The highest BCUT2D eigenvalue weighted by molar-refractivity contribution is 5.79. The molecule has 0 radical (unpaired) electrons. The number of nitrogens with zero attached hydrogens (tertiary/aromatic N) is 2. The minimum atomic E-state index is -0.604. The number of hydrogen-bond acceptors (Lipinski definition) is 4. The summed E-state index contributed by atoms with van der Waals surface area (Å²) in [6, 6.07) is 7.44. The zero-order valence-electron chi connectivity index (χ0n) is 12.5. The summed E-state index contributed by atoms with van der Waals surface area (Å²) in [5, 5.41) is 21.7. The van der Waals surface area contributed by atoms with Gasteiger partial charge in [-0.2, -0.15) is 5.26 Å². The molecule has 1 aromatic carbocycles. The number of carbonyl (C=O) groups excluding carboxylic acids is 1. The molecule has 1 saturated heterocycles. The second-order valence-corrected chi connectivity index (χ2v) is 5.46. The lowest BCUT2D eigenvalue weighted by atomic mass is 9.95. The van der Waals surface area contributed by atoms with Gasteiger partial charge in [-0.05, 0) is 31.9 Å². The summed E-state index contributed by atoms with van der Waals surface area (Å²) in [6.45, 7) is 3.17. The highest BCUT2D eigenvalue weighted by atomic mass is 16.3. The van der Waals surface area contributed by atoms with E-state index < -0.39 is 6.10 Å². The van der Waals surface area contributed by atoms with Crippen molar-refractivity contribution < 1.29 is 9.90 Å².